The molecule has 1 aromatic carbocycles. The van der Waals surface area contributed by atoms with E-state index in [1.165, 1.54) is 18.6 Å². The predicted molar refractivity (Wildman–Crippen MR) is 125 cm³/mol. The number of thioether (sulfide) groups is 1. The second kappa shape index (κ2) is 11.6. The number of guanidine groups is 1. The molecule has 1 saturated heterocycles. The Kier molecular flexibility index (Phi) is 9.57. The summed E-state index contributed by atoms with van der Waals surface area (Å²) >= 11 is 2.05. The molecule has 1 unspecified atom stereocenters. The molecule has 1 atom stereocenters. The third-order valence-corrected chi connectivity index (χ3v) is 5.87. The summed E-state index contributed by atoms with van der Waals surface area (Å²) < 4.78 is 18.6. The van der Waals surface area contributed by atoms with Crippen molar-refractivity contribution in [2.45, 2.75) is 31.9 Å². The number of hydrogen-bond acceptors (Lipinski definition) is 4. The molecule has 0 bridgehead atoms. The molecule has 2 heterocycles. The van der Waals surface area contributed by atoms with Gasteiger partial charge in [-0.05, 0) is 37.6 Å². The topological polar surface area (TPSA) is 53.7 Å². The minimum Gasteiger partial charge on any atom is -0.444 e. The average molecular weight is 518 g/mol. The molecular formula is C20H28FIN4OS. The van der Waals surface area contributed by atoms with Gasteiger partial charge in [0.2, 0.25) is 5.89 Å². The molecule has 2 aromatic rings. The number of nitrogens with zero attached hydrogens (tertiary/aromatic N) is 3. The molecule has 28 heavy (non-hydrogen) atoms. The summed E-state index contributed by atoms with van der Waals surface area (Å²) in [6, 6.07) is 6.16. The predicted octanol–water partition coefficient (Wildman–Crippen LogP) is 4.43. The van der Waals surface area contributed by atoms with E-state index in [1.807, 2.05) is 0 Å². The molecular weight excluding hydrogens is 490 g/mol. The summed E-state index contributed by atoms with van der Waals surface area (Å²) in [5.74, 6) is 2.38. The third kappa shape index (κ3) is 6.37. The fourth-order valence-corrected chi connectivity index (χ4v) is 4.19. The van der Waals surface area contributed by atoms with E-state index in [0.29, 0.717) is 24.1 Å². The third-order valence-electron chi connectivity index (χ3n) is 4.50. The summed E-state index contributed by atoms with van der Waals surface area (Å²) in [6.07, 6.45) is 3.55. The van der Waals surface area contributed by atoms with Crippen molar-refractivity contribution in [3.05, 3.63) is 42.0 Å². The van der Waals surface area contributed by atoms with Gasteiger partial charge in [-0.15, -0.1) is 24.0 Å². The fourth-order valence-electron chi connectivity index (χ4n) is 3.01. The van der Waals surface area contributed by atoms with Gasteiger partial charge < -0.3 is 14.6 Å². The lowest BCUT2D eigenvalue weighted by Gasteiger charge is -2.34. The lowest BCUT2D eigenvalue weighted by molar-refractivity contribution is 0.408. The Hall–Kier alpha value is -1.29. The first kappa shape index (κ1) is 23.0. The first-order chi connectivity index (χ1) is 13.2. The highest BCUT2D eigenvalue weighted by Crippen LogP contribution is 2.21. The van der Waals surface area contributed by atoms with Crippen LogP contribution in [0.3, 0.4) is 0 Å². The van der Waals surface area contributed by atoms with Crippen LogP contribution in [-0.2, 0) is 6.42 Å². The maximum absolute atomic E-state index is 13.0. The summed E-state index contributed by atoms with van der Waals surface area (Å²) in [5.41, 5.74) is 1.63. The molecule has 1 fully saturated rings. The lowest BCUT2D eigenvalue weighted by Crippen LogP contribution is -2.48. The second-order valence-electron chi connectivity index (χ2n) is 6.48. The summed E-state index contributed by atoms with van der Waals surface area (Å²) in [6.45, 7) is 7.93. The van der Waals surface area contributed by atoms with Crippen LogP contribution in [0, 0.1) is 5.82 Å². The van der Waals surface area contributed by atoms with Gasteiger partial charge in [0.05, 0.1) is 5.69 Å². The van der Waals surface area contributed by atoms with Crippen LogP contribution in [0.5, 0.6) is 0 Å². The summed E-state index contributed by atoms with van der Waals surface area (Å²) in [4.78, 5) is 11.6. The Balaban J connectivity index is 0.00000280. The number of hydrogen-bond donors (Lipinski definition) is 1. The Morgan fingerprint density at radius 1 is 1.36 bits per heavy atom. The van der Waals surface area contributed by atoms with Gasteiger partial charge in [0.25, 0.3) is 0 Å². The first-order valence-corrected chi connectivity index (χ1v) is 10.6. The van der Waals surface area contributed by atoms with Crippen LogP contribution >= 0.6 is 35.7 Å². The van der Waals surface area contributed by atoms with Crippen LogP contribution in [-0.4, -0.2) is 53.0 Å². The normalized spacial score (nSPS) is 17.3. The van der Waals surface area contributed by atoms with Gasteiger partial charge in [-0.25, -0.2) is 9.37 Å². The smallest absolute Gasteiger partial charge is 0.226 e. The van der Waals surface area contributed by atoms with Crippen molar-refractivity contribution in [2.75, 3.05) is 31.9 Å². The monoisotopic (exact) mass is 518 g/mol. The number of aliphatic imine (C=N–C) groups is 1. The van der Waals surface area contributed by atoms with Crippen molar-refractivity contribution in [1.82, 2.24) is 15.2 Å². The molecule has 1 aliphatic rings. The van der Waals surface area contributed by atoms with E-state index >= 15 is 0 Å². The molecule has 154 valence electrons. The number of aromatic nitrogens is 1. The average Bonchev–Trinajstić information content (AvgIpc) is 3.17. The number of nitrogens with one attached hydrogen (secondary N) is 1. The fraction of sp³-hybridized carbons (Fsp3) is 0.500. The lowest BCUT2D eigenvalue weighted by atomic mass is 10.2. The molecule has 1 N–H and O–H groups in total. The van der Waals surface area contributed by atoms with Crippen LogP contribution in [0.15, 0.2) is 39.9 Å². The van der Waals surface area contributed by atoms with Crippen molar-refractivity contribution >= 4 is 41.7 Å². The highest BCUT2D eigenvalue weighted by atomic mass is 127. The summed E-state index contributed by atoms with van der Waals surface area (Å²) in [5, 5.41) is 4.08. The van der Waals surface area contributed by atoms with Gasteiger partial charge in [-0.2, -0.15) is 11.8 Å². The Bertz CT molecular complexity index is 753. The largest absolute Gasteiger partial charge is 0.444 e. The number of halogens is 2. The van der Waals surface area contributed by atoms with Crippen molar-refractivity contribution in [3.63, 3.8) is 0 Å². The number of rotatable bonds is 6. The minimum absolute atomic E-state index is 0. The maximum Gasteiger partial charge on any atom is 0.226 e. The zero-order valence-electron chi connectivity index (χ0n) is 16.4. The number of oxazole rings is 1. The van der Waals surface area contributed by atoms with Crippen molar-refractivity contribution < 1.29 is 8.81 Å². The highest BCUT2D eigenvalue weighted by molar-refractivity contribution is 14.0. The molecule has 8 heteroatoms. The van der Waals surface area contributed by atoms with Crippen LogP contribution in [0.4, 0.5) is 4.39 Å². The Labute approximate surface area is 187 Å². The molecule has 5 nitrogen and oxygen atoms in total. The standard InChI is InChI=1S/C20H27FN4OS.HI/c1-3-18-13-25(11-12-27-18)20(22-4-2)23-10-9-17-14-26-19(24-17)15-5-7-16(21)8-6-15;/h5-8,14,18H,3-4,9-13H2,1-2H3,(H,22,23);1H. The van der Waals surface area contributed by atoms with E-state index in [1.54, 1.807) is 18.4 Å². The number of benzene rings is 1. The maximum atomic E-state index is 13.0. The van der Waals surface area contributed by atoms with Gasteiger partial charge >= 0.3 is 0 Å². The van der Waals surface area contributed by atoms with Crippen LogP contribution in [0.2, 0.25) is 0 Å². The molecule has 0 spiro atoms. The van der Waals surface area contributed by atoms with Crippen molar-refractivity contribution in [2.24, 2.45) is 4.99 Å². The molecule has 0 aliphatic carbocycles. The van der Waals surface area contributed by atoms with Gasteiger partial charge in [0.1, 0.15) is 12.1 Å². The van der Waals surface area contributed by atoms with Crippen LogP contribution in [0.25, 0.3) is 11.5 Å². The van der Waals surface area contributed by atoms with Crippen LogP contribution < -0.4 is 5.32 Å². The minimum atomic E-state index is -0.266. The zero-order valence-corrected chi connectivity index (χ0v) is 19.5. The highest BCUT2D eigenvalue weighted by Gasteiger charge is 2.21. The Morgan fingerprint density at radius 2 is 2.14 bits per heavy atom. The molecule has 1 aliphatic heterocycles. The quantitative estimate of drug-likeness (QED) is 0.349. The van der Waals surface area contributed by atoms with Gasteiger partial charge in [0, 0.05) is 49.2 Å². The van der Waals surface area contributed by atoms with Gasteiger partial charge in [-0.3, -0.25) is 4.99 Å². The van der Waals surface area contributed by atoms with Gasteiger partial charge in [-0.1, -0.05) is 6.92 Å². The van der Waals surface area contributed by atoms with Crippen molar-refractivity contribution in [3.8, 4) is 11.5 Å². The van der Waals surface area contributed by atoms with Crippen LogP contribution in [0.1, 0.15) is 26.0 Å². The second-order valence-corrected chi connectivity index (χ2v) is 7.89. The van der Waals surface area contributed by atoms with E-state index in [9.17, 15) is 4.39 Å². The van der Waals surface area contributed by atoms with Gasteiger partial charge in [0.15, 0.2) is 5.96 Å². The van der Waals surface area contributed by atoms with E-state index < -0.39 is 0 Å². The van der Waals surface area contributed by atoms with E-state index in [4.69, 9.17) is 9.41 Å². The summed E-state index contributed by atoms with van der Waals surface area (Å²) in [7, 11) is 0. The van der Waals surface area contributed by atoms with E-state index in [2.05, 4.69) is 40.8 Å². The Morgan fingerprint density at radius 3 is 2.86 bits per heavy atom. The first-order valence-electron chi connectivity index (χ1n) is 9.54. The molecule has 3 rings (SSSR count). The SMILES string of the molecule is CCNC(=NCCc1coc(-c2ccc(F)cc2)n1)N1CCSC(CC)C1.I. The molecule has 0 saturated carbocycles. The van der Waals surface area contributed by atoms with E-state index in [0.717, 1.165) is 42.6 Å². The molecule has 1 aromatic heterocycles. The zero-order chi connectivity index (χ0) is 19.1. The molecule has 0 radical (unpaired) electrons. The van der Waals surface area contributed by atoms with Crippen molar-refractivity contribution in [1.29, 1.82) is 0 Å². The van der Waals surface area contributed by atoms with E-state index in [-0.39, 0.29) is 29.8 Å². The molecule has 0 amide bonds.